The molecule has 0 unspecified atom stereocenters. The van der Waals surface area contributed by atoms with Crippen LogP contribution in [0, 0.1) is 0 Å². The lowest BCUT2D eigenvalue weighted by Crippen LogP contribution is -2.25. The molecule has 21 heavy (non-hydrogen) atoms. The van der Waals surface area contributed by atoms with Gasteiger partial charge in [0.25, 0.3) is 5.91 Å². The summed E-state index contributed by atoms with van der Waals surface area (Å²) >= 11 is 3.36. The first-order valence-corrected chi connectivity index (χ1v) is 7.46. The molecular formula is C14H16BrNO5. The maximum absolute atomic E-state index is 12.0. The molecule has 7 heteroatoms. The van der Waals surface area contributed by atoms with Gasteiger partial charge >= 0.3 is 5.97 Å². The Morgan fingerprint density at radius 1 is 1.24 bits per heavy atom. The van der Waals surface area contributed by atoms with Crippen LogP contribution in [-0.4, -0.2) is 36.7 Å². The number of carbonyl (C=O) groups is 2. The summed E-state index contributed by atoms with van der Waals surface area (Å²) in [6, 6.07) is 3.33. The van der Waals surface area contributed by atoms with Gasteiger partial charge in [-0.25, -0.2) is 0 Å². The maximum atomic E-state index is 12.0. The standard InChI is InChI=1S/C14H16BrNO5/c15-10-7-9(8-11-13(10)21-6-5-20-11)14(19)16-4-2-1-3-12(17)18/h7-8H,1-6H2,(H,16,19)(H,17,18). The molecule has 0 bridgehead atoms. The number of nitrogens with one attached hydrogen (secondary N) is 1. The quantitative estimate of drug-likeness (QED) is 0.762. The van der Waals surface area contributed by atoms with Gasteiger partial charge in [-0.2, -0.15) is 0 Å². The highest BCUT2D eigenvalue weighted by atomic mass is 79.9. The Balaban J connectivity index is 1.90. The van der Waals surface area contributed by atoms with Gasteiger partial charge in [0, 0.05) is 18.5 Å². The third-order valence-corrected chi connectivity index (χ3v) is 3.55. The summed E-state index contributed by atoms with van der Waals surface area (Å²) in [7, 11) is 0. The Morgan fingerprint density at radius 2 is 2.00 bits per heavy atom. The predicted molar refractivity (Wildman–Crippen MR) is 79.0 cm³/mol. The molecule has 2 N–H and O–H groups in total. The lowest BCUT2D eigenvalue weighted by molar-refractivity contribution is -0.137. The molecule has 0 saturated heterocycles. The maximum Gasteiger partial charge on any atom is 0.303 e. The summed E-state index contributed by atoms with van der Waals surface area (Å²) in [5.74, 6) is 0.117. The molecule has 1 aliphatic rings. The van der Waals surface area contributed by atoms with Crippen LogP contribution >= 0.6 is 15.9 Å². The van der Waals surface area contributed by atoms with Crippen molar-refractivity contribution in [1.29, 1.82) is 0 Å². The van der Waals surface area contributed by atoms with E-state index in [9.17, 15) is 9.59 Å². The number of ether oxygens (including phenoxy) is 2. The molecule has 6 nitrogen and oxygen atoms in total. The van der Waals surface area contributed by atoms with Gasteiger partial charge < -0.3 is 19.9 Å². The van der Waals surface area contributed by atoms with Crippen molar-refractivity contribution in [3.05, 3.63) is 22.2 Å². The van der Waals surface area contributed by atoms with Crippen LogP contribution < -0.4 is 14.8 Å². The molecule has 0 aromatic heterocycles. The van der Waals surface area contributed by atoms with Crippen molar-refractivity contribution in [2.24, 2.45) is 0 Å². The number of unbranched alkanes of at least 4 members (excludes halogenated alkanes) is 1. The summed E-state index contributed by atoms with van der Waals surface area (Å²) in [5, 5.41) is 11.3. The van der Waals surface area contributed by atoms with E-state index < -0.39 is 5.97 Å². The SMILES string of the molecule is O=C(O)CCCCNC(=O)c1cc(Br)c2c(c1)OCCO2. The Morgan fingerprint density at radius 3 is 2.76 bits per heavy atom. The zero-order valence-electron chi connectivity index (χ0n) is 11.4. The fourth-order valence-electron chi connectivity index (χ4n) is 1.95. The number of carboxylic acid groups (broad SMARTS) is 1. The fraction of sp³-hybridized carbons (Fsp3) is 0.429. The first kappa shape index (κ1) is 15.6. The second kappa shape index (κ2) is 7.31. The van der Waals surface area contributed by atoms with Crippen molar-refractivity contribution in [2.45, 2.75) is 19.3 Å². The van der Waals surface area contributed by atoms with Crippen LogP contribution in [0.1, 0.15) is 29.6 Å². The first-order chi connectivity index (χ1) is 10.1. The van der Waals surface area contributed by atoms with Crippen molar-refractivity contribution in [2.75, 3.05) is 19.8 Å². The van der Waals surface area contributed by atoms with Gasteiger partial charge in [0.2, 0.25) is 0 Å². The van der Waals surface area contributed by atoms with Crippen LogP contribution in [-0.2, 0) is 4.79 Å². The third-order valence-electron chi connectivity index (χ3n) is 2.96. The second-order valence-electron chi connectivity index (χ2n) is 4.59. The Bertz CT molecular complexity index is 546. The number of hydrogen-bond donors (Lipinski definition) is 2. The minimum atomic E-state index is -0.822. The van der Waals surface area contributed by atoms with Crippen molar-refractivity contribution < 1.29 is 24.2 Å². The van der Waals surface area contributed by atoms with Gasteiger partial charge in [0.15, 0.2) is 11.5 Å². The van der Waals surface area contributed by atoms with Crippen LogP contribution in [0.25, 0.3) is 0 Å². The van der Waals surface area contributed by atoms with Gasteiger partial charge in [-0.05, 0) is 40.9 Å². The number of hydrogen-bond acceptors (Lipinski definition) is 4. The molecule has 1 amide bonds. The van der Waals surface area contributed by atoms with Crippen LogP contribution in [0.2, 0.25) is 0 Å². The first-order valence-electron chi connectivity index (χ1n) is 6.67. The molecule has 0 saturated carbocycles. The van der Waals surface area contributed by atoms with E-state index in [0.29, 0.717) is 54.1 Å². The summed E-state index contributed by atoms with van der Waals surface area (Å²) in [5.41, 5.74) is 0.476. The van der Waals surface area contributed by atoms with Gasteiger partial charge in [-0.15, -0.1) is 0 Å². The summed E-state index contributed by atoms with van der Waals surface area (Å²) < 4.78 is 11.6. The summed E-state index contributed by atoms with van der Waals surface area (Å²) in [6.07, 6.45) is 1.29. The number of carboxylic acids is 1. The Hall–Kier alpha value is -1.76. The number of halogens is 1. The van der Waals surface area contributed by atoms with E-state index in [0.717, 1.165) is 0 Å². The zero-order chi connectivity index (χ0) is 15.2. The minimum absolute atomic E-state index is 0.117. The average Bonchev–Trinajstić information content (AvgIpc) is 2.46. The van der Waals surface area contributed by atoms with Crippen molar-refractivity contribution in [3.63, 3.8) is 0 Å². The van der Waals surface area contributed by atoms with Crippen LogP contribution in [0.3, 0.4) is 0 Å². The summed E-state index contributed by atoms with van der Waals surface area (Å²) in [4.78, 5) is 22.4. The second-order valence-corrected chi connectivity index (χ2v) is 5.44. The van der Waals surface area contributed by atoms with E-state index >= 15 is 0 Å². The molecule has 0 spiro atoms. The summed E-state index contributed by atoms with van der Waals surface area (Å²) in [6.45, 7) is 1.39. The molecular weight excluding hydrogens is 342 g/mol. The number of carbonyl (C=O) groups excluding carboxylic acids is 1. The molecule has 0 fully saturated rings. The largest absolute Gasteiger partial charge is 0.486 e. The molecule has 0 atom stereocenters. The van der Waals surface area contributed by atoms with E-state index in [1.807, 2.05) is 0 Å². The highest BCUT2D eigenvalue weighted by Gasteiger charge is 2.18. The van der Waals surface area contributed by atoms with E-state index in [-0.39, 0.29) is 12.3 Å². The number of aliphatic carboxylic acids is 1. The van der Waals surface area contributed by atoms with Gasteiger partial charge in [0.05, 0.1) is 4.47 Å². The van der Waals surface area contributed by atoms with E-state index in [1.54, 1.807) is 12.1 Å². The minimum Gasteiger partial charge on any atom is -0.486 e. The van der Waals surface area contributed by atoms with Gasteiger partial charge in [-0.1, -0.05) is 0 Å². The van der Waals surface area contributed by atoms with Crippen molar-refractivity contribution in [1.82, 2.24) is 5.32 Å². The highest BCUT2D eigenvalue weighted by Crippen LogP contribution is 2.38. The Kier molecular flexibility index (Phi) is 5.44. The monoisotopic (exact) mass is 357 g/mol. The molecule has 1 aromatic rings. The van der Waals surface area contributed by atoms with Crippen molar-refractivity contribution >= 4 is 27.8 Å². The van der Waals surface area contributed by atoms with Crippen molar-refractivity contribution in [3.8, 4) is 11.5 Å². The molecule has 114 valence electrons. The Labute approximate surface area is 130 Å². The van der Waals surface area contributed by atoms with Crippen LogP contribution in [0.15, 0.2) is 16.6 Å². The normalized spacial score (nSPS) is 12.8. The number of benzene rings is 1. The fourth-order valence-corrected chi connectivity index (χ4v) is 2.50. The van der Waals surface area contributed by atoms with Gasteiger partial charge in [0.1, 0.15) is 13.2 Å². The molecule has 1 heterocycles. The predicted octanol–water partition coefficient (Wildman–Crippen LogP) is 2.21. The third kappa shape index (κ3) is 4.35. The zero-order valence-corrected chi connectivity index (χ0v) is 12.9. The molecule has 2 rings (SSSR count). The number of rotatable bonds is 6. The van der Waals surface area contributed by atoms with Gasteiger partial charge in [-0.3, -0.25) is 9.59 Å². The lowest BCUT2D eigenvalue weighted by Gasteiger charge is -2.20. The smallest absolute Gasteiger partial charge is 0.303 e. The van der Waals surface area contributed by atoms with Crippen LogP contribution in [0.4, 0.5) is 0 Å². The molecule has 0 radical (unpaired) electrons. The van der Waals surface area contributed by atoms with E-state index in [2.05, 4.69) is 21.2 Å². The molecule has 1 aromatic carbocycles. The topological polar surface area (TPSA) is 84.9 Å². The molecule has 1 aliphatic heterocycles. The average molecular weight is 358 g/mol. The lowest BCUT2D eigenvalue weighted by atomic mass is 10.1. The highest BCUT2D eigenvalue weighted by molar-refractivity contribution is 9.10. The van der Waals surface area contributed by atoms with E-state index in [4.69, 9.17) is 14.6 Å². The van der Waals surface area contributed by atoms with Crippen LogP contribution in [0.5, 0.6) is 11.5 Å². The number of fused-ring (bicyclic) bond motifs is 1. The molecule has 0 aliphatic carbocycles. The van der Waals surface area contributed by atoms with E-state index in [1.165, 1.54) is 0 Å². The number of amides is 1.